The van der Waals surface area contributed by atoms with Crippen molar-refractivity contribution in [3.05, 3.63) is 28.6 Å². The molecule has 1 unspecified atom stereocenters. The van der Waals surface area contributed by atoms with Gasteiger partial charge < -0.3 is 10.3 Å². The predicted octanol–water partition coefficient (Wildman–Crippen LogP) is 2.60. The Bertz CT molecular complexity index is 509. The van der Waals surface area contributed by atoms with Crippen molar-refractivity contribution < 1.29 is 0 Å². The molecule has 0 saturated carbocycles. The maximum atomic E-state index is 4.61. The van der Waals surface area contributed by atoms with Gasteiger partial charge in [0.1, 0.15) is 5.69 Å². The monoisotopic (exact) mass is 294 g/mol. The lowest BCUT2D eigenvalue weighted by molar-refractivity contribution is 0.572. The number of hydrogen-bond donors (Lipinski definition) is 2. The molecule has 1 saturated heterocycles. The molecule has 2 aromatic heterocycles. The summed E-state index contributed by atoms with van der Waals surface area (Å²) in [5.74, 6) is 0. The number of rotatable bonds is 2. The lowest BCUT2D eigenvalue weighted by Gasteiger charge is -2.10. The maximum Gasteiger partial charge on any atom is 0.108 e. The van der Waals surface area contributed by atoms with Gasteiger partial charge in [0.2, 0.25) is 0 Å². The van der Waals surface area contributed by atoms with Gasteiger partial charge in [-0.1, -0.05) is 0 Å². The van der Waals surface area contributed by atoms with Crippen molar-refractivity contribution in [3.63, 3.8) is 0 Å². The number of nitrogens with one attached hydrogen (secondary N) is 2. The van der Waals surface area contributed by atoms with Gasteiger partial charge in [0.05, 0.1) is 16.2 Å². The van der Waals surface area contributed by atoms with E-state index in [0.29, 0.717) is 6.04 Å². The Morgan fingerprint density at radius 2 is 2.41 bits per heavy atom. The summed E-state index contributed by atoms with van der Waals surface area (Å²) >= 11 is 3.70. The Morgan fingerprint density at radius 3 is 3.06 bits per heavy atom. The summed E-state index contributed by atoms with van der Waals surface area (Å²) in [6.45, 7) is 1.10. The number of H-pyrrole nitrogens is 1. The number of aromatic amines is 1. The molecule has 0 amide bonds. The van der Waals surface area contributed by atoms with Gasteiger partial charge in [-0.05, 0) is 41.4 Å². The van der Waals surface area contributed by atoms with Crippen LogP contribution in [-0.4, -0.2) is 21.3 Å². The lowest BCUT2D eigenvalue weighted by Crippen LogP contribution is -2.16. The average Bonchev–Trinajstić information content (AvgIpc) is 2.99. The van der Waals surface area contributed by atoms with Crippen LogP contribution in [-0.2, 0) is 7.05 Å². The highest BCUT2D eigenvalue weighted by atomic mass is 79.9. The van der Waals surface area contributed by atoms with E-state index in [1.54, 1.807) is 0 Å². The van der Waals surface area contributed by atoms with Crippen LogP contribution in [0.4, 0.5) is 0 Å². The molecule has 0 bridgehead atoms. The third-order valence-electron chi connectivity index (χ3n) is 3.29. The summed E-state index contributed by atoms with van der Waals surface area (Å²) in [5.41, 5.74) is 3.38. The van der Waals surface area contributed by atoms with E-state index in [9.17, 15) is 0 Å². The Kier molecular flexibility index (Phi) is 2.80. The van der Waals surface area contributed by atoms with Gasteiger partial charge in [0, 0.05) is 25.0 Å². The Hall–Kier alpha value is -1.07. The van der Waals surface area contributed by atoms with Gasteiger partial charge >= 0.3 is 0 Å². The van der Waals surface area contributed by atoms with Crippen molar-refractivity contribution >= 4 is 15.9 Å². The summed E-state index contributed by atoms with van der Waals surface area (Å²) < 4.78 is 3.09. The molecule has 4 nitrogen and oxygen atoms in total. The zero-order chi connectivity index (χ0) is 11.8. The lowest BCUT2D eigenvalue weighted by atomic mass is 10.1. The third-order valence-corrected chi connectivity index (χ3v) is 4.08. The first-order chi connectivity index (χ1) is 8.27. The molecule has 1 fully saturated rings. The van der Waals surface area contributed by atoms with Crippen LogP contribution in [0.25, 0.3) is 11.3 Å². The highest BCUT2D eigenvalue weighted by Crippen LogP contribution is 2.35. The minimum absolute atomic E-state index is 0.426. The number of aryl methyl sites for hydroxylation is 1. The molecule has 5 heteroatoms. The molecule has 3 heterocycles. The highest BCUT2D eigenvalue weighted by molar-refractivity contribution is 9.10. The molecule has 2 aromatic rings. The third kappa shape index (κ3) is 1.83. The van der Waals surface area contributed by atoms with Gasteiger partial charge in [-0.25, -0.2) is 0 Å². The van der Waals surface area contributed by atoms with Gasteiger partial charge in [0.25, 0.3) is 0 Å². The molecule has 2 N–H and O–H groups in total. The topological polar surface area (TPSA) is 45.6 Å². The Balaban J connectivity index is 2.05. The SMILES string of the molecule is Cn1nc(-c2cc[nH]c2)c(Br)c1C1CCCN1. The normalized spacial score (nSPS) is 20.0. The van der Waals surface area contributed by atoms with Crippen LogP contribution in [0.5, 0.6) is 0 Å². The van der Waals surface area contributed by atoms with Crippen molar-refractivity contribution in [2.24, 2.45) is 7.05 Å². The second-order valence-corrected chi connectivity index (χ2v) is 5.21. The second-order valence-electron chi connectivity index (χ2n) is 4.42. The predicted molar refractivity (Wildman–Crippen MR) is 70.7 cm³/mol. The van der Waals surface area contributed by atoms with Crippen molar-refractivity contribution in [1.82, 2.24) is 20.1 Å². The Labute approximate surface area is 109 Å². The van der Waals surface area contributed by atoms with Gasteiger partial charge in [-0.2, -0.15) is 5.10 Å². The number of aromatic nitrogens is 3. The standard InChI is InChI=1S/C12H15BrN4/c1-17-12(9-3-2-5-15-9)10(13)11(16-17)8-4-6-14-7-8/h4,6-7,9,14-15H,2-3,5H2,1H3. The fourth-order valence-corrected chi connectivity index (χ4v) is 3.30. The van der Waals surface area contributed by atoms with Crippen LogP contribution in [0.2, 0.25) is 0 Å². The van der Waals surface area contributed by atoms with Crippen molar-refractivity contribution in [3.8, 4) is 11.3 Å². The van der Waals surface area contributed by atoms with Gasteiger partial charge in [0.15, 0.2) is 0 Å². The van der Waals surface area contributed by atoms with E-state index in [-0.39, 0.29) is 0 Å². The second kappa shape index (κ2) is 4.31. The van der Waals surface area contributed by atoms with Crippen LogP contribution in [0, 0.1) is 0 Å². The van der Waals surface area contributed by atoms with E-state index < -0.39 is 0 Å². The molecule has 3 rings (SSSR count). The molecule has 90 valence electrons. The quantitative estimate of drug-likeness (QED) is 0.894. The molecule has 1 atom stereocenters. The zero-order valence-corrected chi connectivity index (χ0v) is 11.3. The van der Waals surface area contributed by atoms with Crippen LogP contribution in [0.3, 0.4) is 0 Å². The molecule has 1 aliphatic heterocycles. The molecule has 0 aromatic carbocycles. The molecular formula is C12H15BrN4. The maximum absolute atomic E-state index is 4.61. The first kappa shape index (κ1) is 11.0. The first-order valence-electron chi connectivity index (χ1n) is 5.86. The minimum atomic E-state index is 0.426. The first-order valence-corrected chi connectivity index (χ1v) is 6.65. The van der Waals surface area contributed by atoms with E-state index in [1.165, 1.54) is 18.5 Å². The van der Waals surface area contributed by atoms with Crippen LogP contribution < -0.4 is 5.32 Å². The van der Waals surface area contributed by atoms with E-state index in [2.05, 4.69) is 31.3 Å². The highest BCUT2D eigenvalue weighted by Gasteiger charge is 2.25. The van der Waals surface area contributed by atoms with E-state index >= 15 is 0 Å². The molecule has 0 aliphatic carbocycles. The summed E-state index contributed by atoms with van der Waals surface area (Å²) in [4.78, 5) is 3.07. The zero-order valence-electron chi connectivity index (χ0n) is 9.70. The largest absolute Gasteiger partial charge is 0.367 e. The van der Waals surface area contributed by atoms with Crippen LogP contribution in [0.1, 0.15) is 24.6 Å². The molecule has 0 spiro atoms. The fourth-order valence-electron chi connectivity index (χ4n) is 2.46. The van der Waals surface area contributed by atoms with Crippen LogP contribution >= 0.6 is 15.9 Å². The van der Waals surface area contributed by atoms with Crippen molar-refractivity contribution in [2.75, 3.05) is 6.54 Å². The fraction of sp³-hybridized carbons (Fsp3) is 0.417. The Morgan fingerprint density at radius 1 is 1.53 bits per heavy atom. The molecule has 1 aliphatic rings. The van der Waals surface area contributed by atoms with Crippen molar-refractivity contribution in [1.29, 1.82) is 0 Å². The van der Waals surface area contributed by atoms with E-state index in [1.807, 2.05) is 30.2 Å². The molecule has 17 heavy (non-hydrogen) atoms. The summed E-state index contributed by atoms with van der Waals surface area (Å²) in [5, 5.41) is 8.12. The van der Waals surface area contributed by atoms with Gasteiger partial charge in [-0.3, -0.25) is 4.68 Å². The smallest absolute Gasteiger partial charge is 0.108 e. The summed E-state index contributed by atoms with van der Waals surface area (Å²) in [6.07, 6.45) is 6.31. The van der Waals surface area contributed by atoms with E-state index in [0.717, 1.165) is 22.3 Å². The number of nitrogens with zero attached hydrogens (tertiary/aromatic N) is 2. The molecule has 0 radical (unpaired) electrons. The average molecular weight is 295 g/mol. The number of hydrogen-bond acceptors (Lipinski definition) is 2. The molecular weight excluding hydrogens is 280 g/mol. The number of halogens is 1. The minimum Gasteiger partial charge on any atom is -0.367 e. The van der Waals surface area contributed by atoms with Crippen molar-refractivity contribution in [2.45, 2.75) is 18.9 Å². The van der Waals surface area contributed by atoms with E-state index in [4.69, 9.17) is 0 Å². The van der Waals surface area contributed by atoms with Crippen LogP contribution in [0.15, 0.2) is 22.9 Å². The van der Waals surface area contributed by atoms with Gasteiger partial charge in [-0.15, -0.1) is 0 Å². The summed E-state index contributed by atoms with van der Waals surface area (Å²) in [7, 11) is 2.01. The summed E-state index contributed by atoms with van der Waals surface area (Å²) in [6, 6.07) is 2.47.